The first-order chi connectivity index (χ1) is 15.1. The molecular weight excluding hydrogens is 548 g/mol. The van der Waals surface area contributed by atoms with Crippen molar-refractivity contribution >= 4 is 45.3 Å². The molecule has 1 spiro atoms. The Morgan fingerprint density at radius 2 is 1.88 bits per heavy atom. The van der Waals surface area contributed by atoms with Crippen LogP contribution in [0.2, 0.25) is 0 Å². The smallest absolute Gasteiger partial charge is 0.370 e. The van der Waals surface area contributed by atoms with Crippen LogP contribution in [-0.2, 0) is 12.7 Å². The summed E-state index contributed by atoms with van der Waals surface area (Å²) >= 11 is 1.97. The second kappa shape index (κ2) is 7.63. The van der Waals surface area contributed by atoms with Crippen LogP contribution in [0.15, 0.2) is 24.5 Å². The predicted octanol–water partition coefficient (Wildman–Crippen LogP) is 3.83. The molecule has 0 unspecified atom stereocenters. The van der Waals surface area contributed by atoms with Gasteiger partial charge in [-0.25, -0.2) is 18.4 Å². The first kappa shape index (κ1) is 21.5. The molecule has 0 saturated carbocycles. The molecule has 0 aliphatic carbocycles. The Labute approximate surface area is 192 Å². The lowest BCUT2D eigenvalue weighted by Gasteiger charge is -2.49. The number of hydrogen-bond acceptors (Lipinski definition) is 6. The van der Waals surface area contributed by atoms with E-state index >= 15 is 0 Å². The van der Waals surface area contributed by atoms with E-state index in [1.54, 1.807) is 12.3 Å². The van der Waals surface area contributed by atoms with Crippen LogP contribution in [0.5, 0.6) is 0 Å². The van der Waals surface area contributed by atoms with Crippen molar-refractivity contribution in [3.63, 3.8) is 0 Å². The van der Waals surface area contributed by atoms with Gasteiger partial charge in [-0.1, -0.05) is 0 Å². The van der Waals surface area contributed by atoms with Crippen LogP contribution in [0.3, 0.4) is 0 Å². The van der Waals surface area contributed by atoms with Crippen molar-refractivity contribution in [2.45, 2.75) is 25.6 Å². The zero-order chi connectivity index (χ0) is 22.7. The molecule has 0 bridgehead atoms. The van der Waals surface area contributed by atoms with E-state index in [2.05, 4.69) is 20.1 Å². The molecule has 0 radical (unpaired) electrons. The summed E-state index contributed by atoms with van der Waals surface area (Å²) in [5, 5.41) is 4.75. The molecule has 5 heterocycles. The minimum Gasteiger partial charge on any atom is -0.370 e. The third-order valence-electron chi connectivity index (χ3n) is 5.91. The maximum Gasteiger partial charge on any atom is 0.433 e. The van der Waals surface area contributed by atoms with Gasteiger partial charge in [-0.3, -0.25) is 4.98 Å². The second-order valence-corrected chi connectivity index (χ2v) is 9.22. The first-order valence-electron chi connectivity index (χ1n) is 9.84. The van der Waals surface area contributed by atoms with Crippen LogP contribution < -0.4 is 9.80 Å². The number of pyridine rings is 1. The van der Waals surface area contributed by atoms with E-state index in [1.807, 2.05) is 32.4 Å². The lowest BCUT2D eigenvalue weighted by Crippen LogP contribution is -2.57. The highest BCUT2D eigenvalue weighted by molar-refractivity contribution is 14.1. The van der Waals surface area contributed by atoms with Crippen LogP contribution in [0.1, 0.15) is 12.1 Å². The summed E-state index contributed by atoms with van der Waals surface area (Å²) < 4.78 is 66.4. The Bertz CT molecular complexity index is 1160. The van der Waals surface area contributed by atoms with Gasteiger partial charge in [0.1, 0.15) is 15.9 Å². The zero-order valence-electron chi connectivity index (χ0n) is 16.5. The second-order valence-electron chi connectivity index (χ2n) is 8.20. The van der Waals surface area contributed by atoms with Crippen molar-refractivity contribution in [2.75, 3.05) is 36.0 Å². The number of alkyl halides is 5. The van der Waals surface area contributed by atoms with E-state index in [4.69, 9.17) is 0 Å². The minimum atomic E-state index is -4.48. The minimum absolute atomic E-state index is 0.0718. The van der Waals surface area contributed by atoms with E-state index in [9.17, 15) is 22.0 Å². The average molecular weight is 565 g/mol. The Kier molecular flexibility index (Phi) is 5.13. The predicted molar refractivity (Wildman–Crippen MR) is 115 cm³/mol. The normalized spacial score (nSPS) is 18.2. The topological polar surface area (TPSA) is 63.0 Å². The third kappa shape index (κ3) is 3.83. The standard InChI is InChI=1S/C19H17F5IN7/c20-14(21)7-32-16-12(15(25)29-32)6-27-17(28-16)30-4-2-18(8-30)9-31(10-18)11-1-3-26-13(5-11)19(22,23)24/h1,3,5-6,14H,2,4,7-10H2. The Morgan fingerprint density at radius 3 is 2.59 bits per heavy atom. The molecule has 0 atom stereocenters. The first-order valence-corrected chi connectivity index (χ1v) is 10.9. The van der Waals surface area contributed by atoms with Gasteiger partial charge in [0.25, 0.3) is 6.43 Å². The van der Waals surface area contributed by atoms with Gasteiger partial charge in [-0.2, -0.15) is 23.3 Å². The Morgan fingerprint density at radius 1 is 1.12 bits per heavy atom. The third-order valence-corrected chi connectivity index (χ3v) is 6.71. The lowest BCUT2D eigenvalue weighted by molar-refractivity contribution is -0.141. The maximum absolute atomic E-state index is 12.9. The van der Waals surface area contributed by atoms with Gasteiger partial charge in [-0.15, -0.1) is 0 Å². The molecule has 0 N–H and O–H groups in total. The number of nitrogens with zero attached hydrogens (tertiary/aromatic N) is 7. The number of hydrogen-bond donors (Lipinski definition) is 0. The average Bonchev–Trinajstić information content (AvgIpc) is 3.28. The largest absolute Gasteiger partial charge is 0.433 e. The van der Waals surface area contributed by atoms with E-state index in [0.717, 1.165) is 12.5 Å². The highest BCUT2D eigenvalue weighted by Gasteiger charge is 2.48. The van der Waals surface area contributed by atoms with E-state index < -0.39 is 24.8 Å². The van der Waals surface area contributed by atoms with Gasteiger partial charge in [0, 0.05) is 49.7 Å². The van der Waals surface area contributed by atoms with Crippen molar-refractivity contribution in [3.8, 4) is 0 Å². The monoisotopic (exact) mass is 565 g/mol. The molecule has 2 aliphatic heterocycles. The van der Waals surface area contributed by atoms with Crippen molar-refractivity contribution in [1.82, 2.24) is 24.7 Å². The molecule has 2 aliphatic rings. The number of aromatic nitrogens is 5. The molecule has 7 nitrogen and oxygen atoms in total. The van der Waals surface area contributed by atoms with Crippen LogP contribution in [-0.4, -0.2) is 57.3 Å². The summed E-state index contributed by atoms with van der Waals surface area (Å²) in [6.45, 7) is 2.03. The van der Waals surface area contributed by atoms with Gasteiger partial charge >= 0.3 is 6.18 Å². The van der Waals surface area contributed by atoms with Crippen molar-refractivity contribution in [3.05, 3.63) is 33.9 Å². The summed E-state index contributed by atoms with van der Waals surface area (Å²) in [6, 6.07) is 2.65. The molecule has 5 rings (SSSR count). The maximum atomic E-state index is 12.9. The van der Waals surface area contributed by atoms with Gasteiger partial charge in [0.2, 0.25) is 5.95 Å². The summed E-state index contributed by atoms with van der Waals surface area (Å²) in [4.78, 5) is 16.2. The molecule has 0 amide bonds. The van der Waals surface area contributed by atoms with E-state index in [1.165, 1.54) is 10.9 Å². The van der Waals surface area contributed by atoms with Crippen LogP contribution in [0, 0.1) is 9.12 Å². The molecule has 2 fully saturated rings. The Balaban J connectivity index is 1.31. The summed E-state index contributed by atoms with van der Waals surface area (Å²) in [5.41, 5.74) is -0.106. The van der Waals surface area contributed by atoms with Crippen LogP contribution >= 0.6 is 22.6 Å². The van der Waals surface area contributed by atoms with E-state index in [0.29, 0.717) is 52.5 Å². The molecule has 0 aromatic carbocycles. The van der Waals surface area contributed by atoms with Crippen LogP contribution in [0.25, 0.3) is 11.0 Å². The van der Waals surface area contributed by atoms with E-state index in [-0.39, 0.29) is 5.41 Å². The van der Waals surface area contributed by atoms with Crippen molar-refractivity contribution < 1.29 is 22.0 Å². The summed E-state index contributed by atoms with van der Waals surface area (Å²) in [5.74, 6) is 0.447. The zero-order valence-corrected chi connectivity index (χ0v) is 18.7. The molecular formula is C19H17F5IN7. The number of halogens is 6. The van der Waals surface area contributed by atoms with Gasteiger partial charge in [-0.05, 0) is 41.1 Å². The molecule has 3 aromatic heterocycles. The lowest BCUT2D eigenvalue weighted by atomic mass is 9.79. The van der Waals surface area contributed by atoms with Crippen LogP contribution in [0.4, 0.5) is 33.6 Å². The highest BCUT2D eigenvalue weighted by atomic mass is 127. The SMILES string of the molecule is FC(F)Cn1nc(I)c2cnc(N3CCC4(CN(c5ccnc(C(F)(F)F)c5)C4)C3)nc21. The Hall–Kier alpha value is -2.32. The van der Waals surface area contributed by atoms with Crippen molar-refractivity contribution in [2.24, 2.45) is 5.41 Å². The fourth-order valence-electron chi connectivity index (χ4n) is 4.40. The molecule has 170 valence electrons. The molecule has 13 heteroatoms. The van der Waals surface area contributed by atoms with Gasteiger partial charge in [0.05, 0.1) is 5.39 Å². The number of rotatable bonds is 4. The molecule has 32 heavy (non-hydrogen) atoms. The fraction of sp³-hybridized carbons (Fsp3) is 0.474. The fourth-order valence-corrected chi connectivity index (χ4v) is 5.05. The van der Waals surface area contributed by atoms with Gasteiger partial charge < -0.3 is 9.80 Å². The quantitative estimate of drug-likeness (QED) is 0.354. The van der Waals surface area contributed by atoms with Crippen molar-refractivity contribution in [1.29, 1.82) is 0 Å². The molecule has 3 aromatic rings. The number of fused-ring (bicyclic) bond motifs is 1. The highest BCUT2D eigenvalue weighted by Crippen LogP contribution is 2.43. The number of anilines is 2. The van der Waals surface area contributed by atoms with Gasteiger partial charge in [0.15, 0.2) is 5.65 Å². The summed E-state index contributed by atoms with van der Waals surface area (Å²) in [7, 11) is 0. The molecule has 2 saturated heterocycles. The summed E-state index contributed by atoms with van der Waals surface area (Å²) in [6.07, 6.45) is -3.41.